The second kappa shape index (κ2) is 5.09. The summed E-state index contributed by atoms with van der Waals surface area (Å²) in [5.74, 6) is -1.35. The molecule has 1 rings (SSSR count). The molecule has 82 valence electrons. The minimum absolute atomic E-state index is 0.00398. The Labute approximate surface area is 95.4 Å². The molecule has 1 atom stereocenters. The largest absolute Gasteiger partial charge is 0.496 e. The summed E-state index contributed by atoms with van der Waals surface area (Å²) in [5.41, 5.74) is 5.88. The van der Waals surface area contributed by atoms with Gasteiger partial charge in [-0.1, -0.05) is 0 Å². The number of hydrogen-bond donors (Lipinski definition) is 2. The Bertz CT molecular complexity index is 370. The molecule has 0 aliphatic carbocycles. The maximum Gasteiger partial charge on any atom is 0.312 e. The zero-order valence-electron chi connectivity index (χ0n) is 8.11. The van der Waals surface area contributed by atoms with Crippen LogP contribution in [0.15, 0.2) is 16.9 Å². The van der Waals surface area contributed by atoms with Gasteiger partial charge in [0.25, 0.3) is 0 Å². The Hall–Kier alpha value is -1.14. The number of nitrogens with two attached hydrogens (primary N) is 1. The molecule has 1 unspecified atom stereocenters. The van der Waals surface area contributed by atoms with Crippen LogP contribution >= 0.6 is 15.9 Å². The Kier molecular flexibility index (Phi) is 4.05. The first-order valence-electron chi connectivity index (χ1n) is 4.23. The summed E-state index contributed by atoms with van der Waals surface area (Å²) >= 11 is 3.19. The van der Waals surface area contributed by atoms with Gasteiger partial charge in [0.1, 0.15) is 16.3 Å². The van der Waals surface area contributed by atoms with Crippen LogP contribution in [0.2, 0.25) is 0 Å². The third-order valence-corrected chi connectivity index (χ3v) is 2.64. The van der Waals surface area contributed by atoms with Crippen LogP contribution in [0.4, 0.5) is 0 Å². The van der Waals surface area contributed by atoms with E-state index in [9.17, 15) is 4.79 Å². The van der Waals surface area contributed by atoms with Crippen molar-refractivity contribution in [2.45, 2.75) is 5.92 Å². The molecule has 3 N–H and O–H groups in total. The van der Waals surface area contributed by atoms with E-state index in [0.29, 0.717) is 15.9 Å². The summed E-state index contributed by atoms with van der Waals surface area (Å²) in [6.07, 6.45) is 1.53. The molecule has 1 aromatic rings. The van der Waals surface area contributed by atoms with Crippen LogP contribution in [0.25, 0.3) is 0 Å². The van der Waals surface area contributed by atoms with Crippen molar-refractivity contribution < 1.29 is 14.6 Å². The van der Waals surface area contributed by atoms with Crippen LogP contribution in [0, 0.1) is 0 Å². The van der Waals surface area contributed by atoms with Gasteiger partial charge in [-0.3, -0.25) is 4.79 Å². The molecule has 1 aromatic heterocycles. The zero-order valence-corrected chi connectivity index (χ0v) is 9.69. The van der Waals surface area contributed by atoms with Crippen LogP contribution in [0.3, 0.4) is 0 Å². The highest BCUT2D eigenvalue weighted by atomic mass is 79.9. The van der Waals surface area contributed by atoms with Crippen LogP contribution in [0.1, 0.15) is 11.5 Å². The summed E-state index contributed by atoms with van der Waals surface area (Å²) < 4.78 is 5.51. The maximum absolute atomic E-state index is 11.0. The number of carboxylic acid groups (broad SMARTS) is 1. The number of ether oxygens (including phenoxy) is 1. The minimum atomic E-state index is -0.996. The number of hydrogen-bond acceptors (Lipinski definition) is 4. The lowest BCUT2D eigenvalue weighted by Gasteiger charge is -2.15. The Morgan fingerprint density at radius 2 is 2.47 bits per heavy atom. The molecule has 0 aromatic carbocycles. The number of halogens is 1. The van der Waals surface area contributed by atoms with E-state index in [1.807, 2.05) is 0 Å². The monoisotopic (exact) mass is 274 g/mol. The average molecular weight is 275 g/mol. The molecule has 0 bridgehead atoms. The first kappa shape index (κ1) is 11.9. The maximum atomic E-state index is 11.0. The molecule has 6 heteroatoms. The summed E-state index contributed by atoms with van der Waals surface area (Å²) in [6.45, 7) is -0.00398. The molecular formula is C9H11BrN2O3. The molecular weight excluding hydrogens is 264 g/mol. The molecule has 0 aliphatic rings. The lowest BCUT2D eigenvalue weighted by molar-refractivity contribution is -0.138. The van der Waals surface area contributed by atoms with E-state index in [4.69, 9.17) is 15.6 Å². The number of carboxylic acids is 1. The smallest absolute Gasteiger partial charge is 0.312 e. The van der Waals surface area contributed by atoms with Crippen LogP contribution < -0.4 is 10.5 Å². The molecule has 15 heavy (non-hydrogen) atoms. The number of methoxy groups -OCH3 is 1. The van der Waals surface area contributed by atoms with Gasteiger partial charge < -0.3 is 15.6 Å². The van der Waals surface area contributed by atoms with Gasteiger partial charge in [0.2, 0.25) is 0 Å². The lowest BCUT2D eigenvalue weighted by atomic mass is 10.0. The molecule has 1 heterocycles. The standard InChI is InChI=1S/C9H11BrN2O3/c1-15-6-2-3-12-8(10)7(6)5(4-11)9(13)14/h2-3,5H,4,11H2,1H3,(H,13,14). The highest BCUT2D eigenvalue weighted by molar-refractivity contribution is 9.10. The van der Waals surface area contributed by atoms with Crippen molar-refractivity contribution in [1.29, 1.82) is 0 Å². The first-order chi connectivity index (χ1) is 7.11. The molecule has 0 aliphatic heterocycles. The van der Waals surface area contributed by atoms with Crippen molar-refractivity contribution in [2.24, 2.45) is 5.73 Å². The van der Waals surface area contributed by atoms with E-state index in [-0.39, 0.29) is 6.54 Å². The fraction of sp³-hybridized carbons (Fsp3) is 0.333. The van der Waals surface area contributed by atoms with Crippen molar-refractivity contribution in [2.75, 3.05) is 13.7 Å². The van der Waals surface area contributed by atoms with Crippen molar-refractivity contribution in [3.63, 3.8) is 0 Å². The van der Waals surface area contributed by atoms with Crippen molar-refractivity contribution in [3.05, 3.63) is 22.4 Å². The van der Waals surface area contributed by atoms with Crippen molar-refractivity contribution in [1.82, 2.24) is 4.98 Å². The Morgan fingerprint density at radius 1 is 1.80 bits per heavy atom. The van der Waals surface area contributed by atoms with Gasteiger partial charge in [-0.15, -0.1) is 0 Å². The summed E-state index contributed by atoms with van der Waals surface area (Å²) in [5, 5.41) is 8.99. The van der Waals surface area contributed by atoms with E-state index in [1.165, 1.54) is 13.3 Å². The van der Waals surface area contributed by atoms with Gasteiger partial charge in [-0.25, -0.2) is 4.98 Å². The quantitative estimate of drug-likeness (QED) is 0.800. The molecule has 0 amide bonds. The summed E-state index contributed by atoms with van der Waals surface area (Å²) in [7, 11) is 1.47. The first-order valence-corrected chi connectivity index (χ1v) is 5.02. The molecule has 0 spiro atoms. The zero-order chi connectivity index (χ0) is 11.4. The van der Waals surface area contributed by atoms with E-state index in [2.05, 4.69) is 20.9 Å². The van der Waals surface area contributed by atoms with Gasteiger partial charge >= 0.3 is 5.97 Å². The number of rotatable bonds is 4. The number of aliphatic carboxylic acids is 1. The average Bonchev–Trinajstić information content (AvgIpc) is 2.21. The molecule has 5 nitrogen and oxygen atoms in total. The van der Waals surface area contributed by atoms with Crippen LogP contribution in [-0.4, -0.2) is 29.7 Å². The number of nitrogens with zero attached hydrogens (tertiary/aromatic N) is 1. The number of aromatic nitrogens is 1. The fourth-order valence-corrected chi connectivity index (χ4v) is 1.86. The molecule has 0 saturated carbocycles. The van der Waals surface area contributed by atoms with Gasteiger partial charge in [-0.2, -0.15) is 0 Å². The third-order valence-electron chi connectivity index (χ3n) is 2.00. The van der Waals surface area contributed by atoms with Crippen molar-refractivity contribution in [3.8, 4) is 5.75 Å². The predicted octanol–water partition coefficient (Wildman–Crippen LogP) is 0.980. The summed E-state index contributed by atoms with van der Waals surface area (Å²) in [4.78, 5) is 14.9. The Balaban J connectivity index is 3.26. The highest BCUT2D eigenvalue weighted by Crippen LogP contribution is 2.31. The lowest BCUT2D eigenvalue weighted by Crippen LogP contribution is -2.22. The van der Waals surface area contributed by atoms with E-state index < -0.39 is 11.9 Å². The van der Waals surface area contributed by atoms with Gasteiger partial charge in [0, 0.05) is 18.3 Å². The third kappa shape index (κ3) is 2.45. The molecule has 0 radical (unpaired) electrons. The minimum Gasteiger partial charge on any atom is -0.496 e. The topological polar surface area (TPSA) is 85.4 Å². The molecule has 0 saturated heterocycles. The SMILES string of the molecule is COc1ccnc(Br)c1C(CN)C(=O)O. The van der Waals surface area contributed by atoms with E-state index in [0.717, 1.165) is 0 Å². The molecule has 0 fully saturated rings. The van der Waals surface area contributed by atoms with Crippen molar-refractivity contribution >= 4 is 21.9 Å². The van der Waals surface area contributed by atoms with E-state index >= 15 is 0 Å². The normalized spacial score (nSPS) is 12.2. The van der Waals surface area contributed by atoms with Gasteiger partial charge in [0.15, 0.2) is 0 Å². The second-order valence-corrected chi connectivity index (χ2v) is 3.60. The van der Waals surface area contributed by atoms with Gasteiger partial charge in [0.05, 0.1) is 7.11 Å². The predicted molar refractivity (Wildman–Crippen MR) is 57.9 cm³/mol. The summed E-state index contributed by atoms with van der Waals surface area (Å²) in [6, 6.07) is 1.60. The highest BCUT2D eigenvalue weighted by Gasteiger charge is 2.25. The van der Waals surface area contributed by atoms with Gasteiger partial charge in [-0.05, 0) is 22.0 Å². The Morgan fingerprint density at radius 3 is 2.93 bits per heavy atom. The second-order valence-electron chi connectivity index (χ2n) is 2.84. The van der Waals surface area contributed by atoms with Crippen LogP contribution in [0.5, 0.6) is 5.75 Å². The number of carbonyl (C=O) groups is 1. The fourth-order valence-electron chi connectivity index (χ4n) is 1.27. The number of pyridine rings is 1. The van der Waals surface area contributed by atoms with Crippen LogP contribution in [-0.2, 0) is 4.79 Å². The van der Waals surface area contributed by atoms with E-state index in [1.54, 1.807) is 6.07 Å².